The molecule has 0 amide bonds. The van der Waals surface area contributed by atoms with Crippen LogP contribution in [0.4, 0.5) is 4.39 Å². The molecule has 3 aromatic rings. The molecule has 2 heterocycles. The van der Waals surface area contributed by atoms with E-state index in [1.165, 1.54) is 12.1 Å². The van der Waals surface area contributed by atoms with Crippen LogP contribution < -0.4 is 5.32 Å². The second kappa shape index (κ2) is 7.55. The van der Waals surface area contributed by atoms with Crippen LogP contribution in [-0.4, -0.2) is 32.1 Å². The Labute approximate surface area is 161 Å². The van der Waals surface area contributed by atoms with E-state index < -0.39 is 5.97 Å². The highest BCUT2D eigenvalue weighted by Gasteiger charge is 2.28. The average molecular weight is 384 g/mol. The summed E-state index contributed by atoms with van der Waals surface area (Å²) in [4.78, 5) is 11.5. The minimum Gasteiger partial charge on any atom is -0.476 e. The van der Waals surface area contributed by atoms with Gasteiger partial charge in [-0.25, -0.2) is 9.18 Å². The summed E-state index contributed by atoms with van der Waals surface area (Å²) in [5.41, 5.74) is 3.44. The lowest BCUT2D eigenvalue weighted by atomic mass is 9.91. The first-order valence-corrected chi connectivity index (χ1v) is 9.32. The number of rotatable bonds is 6. The van der Waals surface area contributed by atoms with E-state index in [0.29, 0.717) is 31.0 Å². The van der Waals surface area contributed by atoms with Crippen LogP contribution >= 0.6 is 0 Å². The fourth-order valence-electron chi connectivity index (χ4n) is 3.69. The monoisotopic (exact) mass is 384 g/mol. The van der Waals surface area contributed by atoms with Crippen LogP contribution in [0.3, 0.4) is 0 Å². The standard InChI is InChI=1S/C20H21FN4O3/c1-2-25-18-8-7-14(9-16(18)19(23-25)20(26)27)22-11-15-10-17(24-28-15)12-3-5-13(21)6-4-12/h3-6,10,14,22H,2,7-9,11H2,1H3,(H,26,27)/t14-/m0/s1. The van der Waals surface area contributed by atoms with Gasteiger partial charge in [0.2, 0.25) is 0 Å². The van der Waals surface area contributed by atoms with E-state index >= 15 is 0 Å². The molecular formula is C20H21FN4O3. The first-order valence-electron chi connectivity index (χ1n) is 9.32. The maximum Gasteiger partial charge on any atom is 0.356 e. The van der Waals surface area contributed by atoms with Gasteiger partial charge in [-0.1, -0.05) is 5.16 Å². The summed E-state index contributed by atoms with van der Waals surface area (Å²) < 4.78 is 20.2. The molecule has 7 nitrogen and oxygen atoms in total. The summed E-state index contributed by atoms with van der Waals surface area (Å²) in [6.07, 6.45) is 2.31. The molecule has 2 aromatic heterocycles. The van der Waals surface area contributed by atoms with Crippen LogP contribution in [0.5, 0.6) is 0 Å². The number of nitrogens with one attached hydrogen (secondary N) is 1. The van der Waals surface area contributed by atoms with E-state index in [-0.39, 0.29) is 17.6 Å². The van der Waals surface area contributed by atoms with Crippen LogP contribution in [-0.2, 0) is 25.9 Å². The molecular weight excluding hydrogens is 363 g/mol. The predicted molar refractivity (Wildman–Crippen MR) is 99.4 cm³/mol. The molecule has 0 bridgehead atoms. The molecule has 8 heteroatoms. The van der Waals surface area contributed by atoms with Crippen molar-refractivity contribution in [1.29, 1.82) is 0 Å². The zero-order valence-electron chi connectivity index (χ0n) is 15.5. The predicted octanol–water partition coefficient (Wildman–Crippen LogP) is 3.04. The highest BCUT2D eigenvalue weighted by molar-refractivity contribution is 5.87. The number of aromatic carboxylic acids is 1. The van der Waals surface area contributed by atoms with Gasteiger partial charge in [0.25, 0.3) is 0 Å². The van der Waals surface area contributed by atoms with E-state index in [2.05, 4.69) is 15.6 Å². The van der Waals surface area contributed by atoms with Crippen LogP contribution in [0.25, 0.3) is 11.3 Å². The molecule has 0 fully saturated rings. The number of fused-ring (bicyclic) bond motifs is 1. The molecule has 28 heavy (non-hydrogen) atoms. The molecule has 0 aliphatic heterocycles. The van der Waals surface area contributed by atoms with Crippen molar-refractivity contribution in [3.63, 3.8) is 0 Å². The average Bonchev–Trinajstić information content (AvgIpc) is 3.31. The molecule has 0 saturated heterocycles. The molecule has 0 saturated carbocycles. The Hall–Kier alpha value is -3.00. The highest BCUT2D eigenvalue weighted by atomic mass is 19.1. The van der Waals surface area contributed by atoms with Gasteiger partial charge in [0.15, 0.2) is 11.5 Å². The van der Waals surface area contributed by atoms with Gasteiger partial charge in [-0.05, 0) is 50.5 Å². The zero-order valence-corrected chi connectivity index (χ0v) is 15.5. The Morgan fingerprint density at radius 2 is 2.18 bits per heavy atom. The van der Waals surface area contributed by atoms with Gasteiger partial charge in [-0.15, -0.1) is 0 Å². The second-order valence-electron chi connectivity index (χ2n) is 6.90. The van der Waals surface area contributed by atoms with E-state index in [9.17, 15) is 14.3 Å². The first-order chi connectivity index (χ1) is 13.5. The van der Waals surface area contributed by atoms with Gasteiger partial charge >= 0.3 is 5.97 Å². The molecule has 146 valence electrons. The fourth-order valence-corrected chi connectivity index (χ4v) is 3.69. The Kier molecular flexibility index (Phi) is 4.95. The van der Waals surface area contributed by atoms with Crippen molar-refractivity contribution >= 4 is 5.97 Å². The number of carboxylic acid groups (broad SMARTS) is 1. The van der Waals surface area contributed by atoms with Gasteiger partial charge in [-0.3, -0.25) is 4.68 Å². The maximum absolute atomic E-state index is 13.0. The summed E-state index contributed by atoms with van der Waals surface area (Å²) in [5.74, 6) is -0.603. The van der Waals surface area contributed by atoms with Crippen LogP contribution in [0.15, 0.2) is 34.9 Å². The third-order valence-electron chi connectivity index (χ3n) is 5.11. The Morgan fingerprint density at radius 3 is 2.89 bits per heavy atom. The van der Waals surface area contributed by atoms with Crippen LogP contribution in [0.1, 0.15) is 40.9 Å². The van der Waals surface area contributed by atoms with Crippen molar-refractivity contribution in [2.45, 2.75) is 45.3 Å². The third kappa shape index (κ3) is 3.55. The SMILES string of the molecule is CCn1nc(C(=O)O)c2c1CC[C@H](NCc1cc(-c3ccc(F)cc3)no1)C2. The number of aromatic nitrogens is 3. The molecule has 0 radical (unpaired) electrons. The number of nitrogens with zero attached hydrogens (tertiary/aromatic N) is 3. The van der Waals surface area contributed by atoms with Gasteiger partial charge in [0, 0.05) is 35.5 Å². The molecule has 4 rings (SSSR count). The van der Waals surface area contributed by atoms with E-state index in [0.717, 1.165) is 29.7 Å². The number of benzene rings is 1. The quantitative estimate of drug-likeness (QED) is 0.679. The van der Waals surface area contributed by atoms with Crippen molar-refractivity contribution in [1.82, 2.24) is 20.3 Å². The Balaban J connectivity index is 1.42. The number of hydrogen-bond acceptors (Lipinski definition) is 5. The van der Waals surface area contributed by atoms with E-state index in [4.69, 9.17) is 4.52 Å². The van der Waals surface area contributed by atoms with E-state index in [1.807, 2.05) is 13.0 Å². The molecule has 2 N–H and O–H groups in total. The number of carboxylic acids is 1. The lowest BCUT2D eigenvalue weighted by Gasteiger charge is -2.23. The fraction of sp³-hybridized carbons (Fsp3) is 0.350. The minimum absolute atomic E-state index is 0.138. The van der Waals surface area contributed by atoms with Crippen molar-refractivity contribution in [2.75, 3.05) is 0 Å². The largest absolute Gasteiger partial charge is 0.476 e. The topological polar surface area (TPSA) is 93.2 Å². The smallest absolute Gasteiger partial charge is 0.356 e. The number of hydrogen-bond donors (Lipinski definition) is 2. The highest BCUT2D eigenvalue weighted by Crippen LogP contribution is 2.26. The third-order valence-corrected chi connectivity index (χ3v) is 5.11. The molecule has 1 aliphatic carbocycles. The zero-order chi connectivity index (χ0) is 19.7. The molecule has 1 atom stereocenters. The van der Waals surface area contributed by atoms with Crippen molar-refractivity contribution < 1.29 is 18.8 Å². The second-order valence-corrected chi connectivity index (χ2v) is 6.90. The number of carbonyl (C=O) groups is 1. The van der Waals surface area contributed by atoms with Gasteiger partial charge in [0.1, 0.15) is 11.5 Å². The summed E-state index contributed by atoms with van der Waals surface area (Å²) in [6.45, 7) is 3.11. The minimum atomic E-state index is -0.983. The maximum atomic E-state index is 13.0. The van der Waals surface area contributed by atoms with Crippen LogP contribution in [0, 0.1) is 5.82 Å². The van der Waals surface area contributed by atoms with Crippen molar-refractivity contribution in [2.24, 2.45) is 0 Å². The van der Waals surface area contributed by atoms with Crippen molar-refractivity contribution in [3.05, 3.63) is 58.9 Å². The van der Waals surface area contributed by atoms with Gasteiger partial charge in [0.05, 0.1) is 6.54 Å². The summed E-state index contributed by atoms with van der Waals surface area (Å²) in [7, 11) is 0. The molecule has 1 aromatic carbocycles. The van der Waals surface area contributed by atoms with Crippen molar-refractivity contribution in [3.8, 4) is 11.3 Å². The number of aryl methyl sites for hydroxylation is 1. The Bertz CT molecular complexity index is 994. The molecule has 0 unspecified atom stereocenters. The lowest BCUT2D eigenvalue weighted by molar-refractivity contribution is 0.0688. The normalized spacial score (nSPS) is 16.1. The van der Waals surface area contributed by atoms with Crippen LogP contribution in [0.2, 0.25) is 0 Å². The molecule has 0 spiro atoms. The van der Waals surface area contributed by atoms with E-state index in [1.54, 1.807) is 16.8 Å². The lowest BCUT2D eigenvalue weighted by Crippen LogP contribution is -2.34. The summed E-state index contributed by atoms with van der Waals surface area (Å²) in [6, 6.07) is 8.06. The Morgan fingerprint density at radius 1 is 1.39 bits per heavy atom. The summed E-state index contributed by atoms with van der Waals surface area (Å²) >= 11 is 0. The molecule has 1 aliphatic rings. The van der Waals surface area contributed by atoms with Gasteiger partial charge in [-0.2, -0.15) is 5.10 Å². The first kappa shape index (κ1) is 18.4. The summed E-state index contributed by atoms with van der Waals surface area (Å²) in [5, 5.41) is 21.1. The van der Waals surface area contributed by atoms with Gasteiger partial charge < -0.3 is 14.9 Å². The number of halogens is 1.